The molecule has 1 amide bonds. The highest BCUT2D eigenvalue weighted by atomic mass is 35.5. The quantitative estimate of drug-likeness (QED) is 0.355. The highest BCUT2D eigenvalue weighted by Crippen LogP contribution is 2.23. The van der Waals surface area contributed by atoms with E-state index in [2.05, 4.69) is 0 Å². The lowest BCUT2D eigenvalue weighted by Crippen LogP contribution is -2.41. The van der Waals surface area contributed by atoms with Crippen LogP contribution < -0.4 is 5.56 Å². The van der Waals surface area contributed by atoms with E-state index in [9.17, 15) is 9.59 Å². The van der Waals surface area contributed by atoms with Crippen molar-refractivity contribution < 1.29 is 4.79 Å². The Balaban J connectivity index is 1.83. The van der Waals surface area contributed by atoms with E-state index in [1.807, 2.05) is 74.4 Å². The van der Waals surface area contributed by atoms with Crippen molar-refractivity contribution in [2.24, 2.45) is 0 Å². The van der Waals surface area contributed by atoms with Gasteiger partial charge in [-0.25, -0.2) is 4.98 Å². The molecule has 4 rings (SSSR count). The molecule has 0 aliphatic heterocycles. The van der Waals surface area contributed by atoms with Gasteiger partial charge in [-0.2, -0.15) is 0 Å². The number of nitrogens with zero attached hydrogens (tertiary/aromatic N) is 4. The molecule has 1 unspecified atom stereocenters. The monoisotopic (exact) mass is 488 g/mol. The summed E-state index contributed by atoms with van der Waals surface area (Å²) >= 11 is 6.05. The molecule has 0 saturated carbocycles. The Hall–Kier alpha value is -3.48. The van der Waals surface area contributed by atoms with Crippen molar-refractivity contribution in [2.45, 2.75) is 19.5 Å². The molecule has 0 N–H and O–H groups in total. The van der Waals surface area contributed by atoms with Gasteiger partial charge in [0.2, 0.25) is 0 Å². The Labute approximate surface area is 210 Å². The van der Waals surface area contributed by atoms with Crippen LogP contribution in [0.15, 0.2) is 83.7 Å². The van der Waals surface area contributed by atoms with Crippen LogP contribution in [0.4, 0.5) is 0 Å². The van der Waals surface area contributed by atoms with Gasteiger partial charge in [0.15, 0.2) is 0 Å². The third-order valence-corrected chi connectivity index (χ3v) is 6.31. The van der Waals surface area contributed by atoms with Crippen molar-refractivity contribution in [2.75, 3.05) is 27.2 Å². The van der Waals surface area contributed by atoms with Crippen LogP contribution in [0.2, 0.25) is 5.02 Å². The molecule has 35 heavy (non-hydrogen) atoms. The molecule has 1 heterocycles. The molecule has 0 radical (unpaired) electrons. The molecule has 0 fully saturated rings. The second-order valence-electron chi connectivity index (χ2n) is 8.85. The van der Waals surface area contributed by atoms with Crippen molar-refractivity contribution in [1.29, 1.82) is 0 Å². The minimum Gasteiger partial charge on any atom is -0.327 e. The summed E-state index contributed by atoms with van der Waals surface area (Å²) < 4.78 is 1.69. The molecule has 6 nitrogen and oxygen atoms in total. The summed E-state index contributed by atoms with van der Waals surface area (Å²) in [5, 5.41) is 1.13. The average molecular weight is 489 g/mol. The Morgan fingerprint density at radius 2 is 1.60 bits per heavy atom. The van der Waals surface area contributed by atoms with E-state index in [4.69, 9.17) is 16.6 Å². The SMILES string of the molecule is CC(c1nc2ccccc2c(=O)n1Cc1ccccc1)N(CCN(C)C)C(=O)c1ccc(Cl)cc1. The molecular weight excluding hydrogens is 460 g/mol. The van der Waals surface area contributed by atoms with Gasteiger partial charge in [0, 0.05) is 23.7 Å². The molecule has 180 valence electrons. The topological polar surface area (TPSA) is 58.4 Å². The lowest BCUT2D eigenvalue weighted by molar-refractivity contribution is 0.0665. The van der Waals surface area contributed by atoms with Gasteiger partial charge in [0.25, 0.3) is 11.5 Å². The van der Waals surface area contributed by atoms with Gasteiger partial charge in [0.1, 0.15) is 5.82 Å². The summed E-state index contributed by atoms with van der Waals surface area (Å²) in [6.45, 7) is 3.44. The first-order valence-corrected chi connectivity index (χ1v) is 12.0. The molecular formula is C28H29ClN4O2. The van der Waals surface area contributed by atoms with Crippen molar-refractivity contribution >= 4 is 28.4 Å². The number of likely N-dealkylation sites (N-methyl/N-ethyl adjacent to an activating group) is 1. The van der Waals surface area contributed by atoms with Crippen molar-refractivity contribution in [3.05, 3.63) is 111 Å². The predicted octanol–water partition coefficient (Wildman–Crippen LogP) is 4.86. The molecule has 0 aliphatic rings. The van der Waals surface area contributed by atoms with E-state index in [0.717, 1.165) is 5.56 Å². The summed E-state index contributed by atoms with van der Waals surface area (Å²) in [4.78, 5) is 36.0. The third-order valence-electron chi connectivity index (χ3n) is 6.06. The van der Waals surface area contributed by atoms with Gasteiger partial charge in [0.05, 0.1) is 23.5 Å². The fourth-order valence-electron chi connectivity index (χ4n) is 4.10. The van der Waals surface area contributed by atoms with E-state index in [-0.39, 0.29) is 11.5 Å². The number of fused-ring (bicyclic) bond motifs is 1. The maximum absolute atomic E-state index is 13.7. The summed E-state index contributed by atoms with van der Waals surface area (Å²) in [5.41, 5.74) is 2.03. The number of benzene rings is 3. The van der Waals surface area contributed by atoms with Crippen molar-refractivity contribution in [3.63, 3.8) is 0 Å². The zero-order chi connectivity index (χ0) is 24.9. The zero-order valence-corrected chi connectivity index (χ0v) is 20.9. The Bertz CT molecular complexity index is 1370. The van der Waals surface area contributed by atoms with E-state index >= 15 is 0 Å². The number of aromatic nitrogens is 2. The lowest BCUT2D eigenvalue weighted by atomic mass is 10.1. The van der Waals surface area contributed by atoms with Gasteiger partial charge < -0.3 is 9.80 Å². The fraction of sp³-hybridized carbons (Fsp3) is 0.250. The zero-order valence-electron chi connectivity index (χ0n) is 20.2. The van der Waals surface area contributed by atoms with E-state index in [0.29, 0.717) is 46.9 Å². The maximum atomic E-state index is 13.7. The number of halogens is 1. The molecule has 3 aromatic carbocycles. The van der Waals surface area contributed by atoms with Crippen LogP contribution in [0.5, 0.6) is 0 Å². The first-order chi connectivity index (χ1) is 16.8. The molecule has 0 aliphatic carbocycles. The maximum Gasteiger partial charge on any atom is 0.261 e. The number of para-hydroxylation sites is 1. The Kier molecular flexibility index (Phi) is 7.63. The largest absolute Gasteiger partial charge is 0.327 e. The number of rotatable bonds is 8. The van der Waals surface area contributed by atoms with Gasteiger partial charge in [-0.15, -0.1) is 0 Å². The second kappa shape index (κ2) is 10.8. The average Bonchev–Trinajstić information content (AvgIpc) is 2.86. The second-order valence-corrected chi connectivity index (χ2v) is 9.29. The van der Waals surface area contributed by atoms with Gasteiger partial charge in [-0.3, -0.25) is 14.2 Å². The van der Waals surface area contributed by atoms with E-state index < -0.39 is 6.04 Å². The van der Waals surface area contributed by atoms with Crippen LogP contribution in [0.25, 0.3) is 10.9 Å². The van der Waals surface area contributed by atoms with Gasteiger partial charge in [-0.05, 0) is 63.0 Å². The first-order valence-electron chi connectivity index (χ1n) is 11.6. The first kappa shape index (κ1) is 24.6. The van der Waals surface area contributed by atoms with E-state index in [1.165, 1.54) is 0 Å². The standard InChI is InChI=1S/C28H29ClN4O2/c1-20(32(18-17-31(2)3)27(34)22-13-15-23(29)16-14-22)26-30-25-12-8-7-11-24(25)28(35)33(26)19-21-9-5-4-6-10-21/h4-16,20H,17-19H2,1-3H3. The molecule has 1 aromatic heterocycles. The van der Waals surface area contributed by atoms with Gasteiger partial charge in [-0.1, -0.05) is 54.1 Å². The third kappa shape index (κ3) is 5.61. The number of amides is 1. The smallest absolute Gasteiger partial charge is 0.261 e. The van der Waals surface area contributed by atoms with Crippen molar-refractivity contribution in [3.8, 4) is 0 Å². The predicted molar refractivity (Wildman–Crippen MR) is 141 cm³/mol. The fourth-order valence-corrected chi connectivity index (χ4v) is 4.23. The number of hydrogen-bond donors (Lipinski definition) is 0. The number of hydrogen-bond acceptors (Lipinski definition) is 4. The van der Waals surface area contributed by atoms with Gasteiger partial charge >= 0.3 is 0 Å². The number of carbonyl (C=O) groups excluding carboxylic acids is 1. The van der Waals surface area contributed by atoms with Crippen LogP contribution in [0.3, 0.4) is 0 Å². The van der Waals surface area contributed by atoms with Crippen LogP contribution in [0.1, 0.15) is 34.7 Å². The normalized spacial score (nSPS) is 12.1. The lowest BCUT2D eigenvalue weighted by Gasteiger charge is -2.31. The minimum atomic E-state index is -0.445. The molecule has 7 heteroatoms. The minimum absolute atomic E-state index is 0.118. The summed E-state index contributed by atoms with van der Waals surface area (Å²) in [5.74, 6) is 0.420. The highest BCUT2D eigenvalue weighted by molar-refractivity contribution is 6.30. The Morgan fingerprint density at radius 1 is 0.943 bits per heavy atom. The highest BCUT2D eigenvalue weighted by Gasteiger charge is 2.27. The van der Waals surface area contributed by atoms with Crippen LogP contribution in [-0.4, -0.2) is 52.4 Å². The summed E-state index contributed by atoms with van der Waals surface area (Å²) in [7, 11) is 3.93. The van der Waals surface area contributed by atoms with Crippen molar-refractivity contribution in [1.82, 2.24) is 19.4 Å². The molecule has 0 spiro atoms. The molecule has 1 atom stereocenters. The van der Waals surface area contributed by atoms with Crippen LogP contribution in [-0.2, 0) is 6.54 Å². The van der Waals surface area contributed by atoms with Crippen LogP contribution >= 0.6 is 11.6 Å². The molecule has 0 bridgehead atoms. The molecule has 0 saturated heterocycles. The number of carbonyl (C=O) groups is 1. The Morgan fingerprint density at radius 3 is 2.29 bits per heavy atom. The molecule has 4 aromatic rings. The summed E-state index contributed by atoms with van der Waals surface area (Å²) in [6, 6.07) is 23.6. The van der Waals surface area contributed by atoms with Crippen LogP contribution in [0, 0.1) is 0 Å². The van der Waals surface area contributed by atoms with E-state index in [1.54, 1.807) is 39.8 Å². The summed E-state index contributed by atoms with van der Waals surface area (Å²) in [6.07, 6.45) is 0.